The minimum Gasteiger partial charge on any atom is -0.355 e. The minimum atomic E-state index is 0.583. The van der Waals surface area contributed by atoms with Gasteiger partial charge in [0.25, 0.3) is 0 Å². The van der Waals surface area contributed by atoms with Gasteiger partial charge in [0.15, 0.2) is 11.3 Å². The molecule has 26 heavy (non-hydrogen) atoms. The minimum absolute atomic E-state index is 0.583. The first-order valence-corrected chi connectivity index (χ1v) is 9.64. The van der Waals surface area contributed by atoms with E-state index in [-0.39, 0.29) is 0 Å². The number of anilines is 1. The SMILES string of the molecule is CCCN(CCC)c1nc(C)nc2c(-c3c(Cl)cccc3Cl)n(C)nc12. The molecule has 0 amide bonds. The summed E-state index contributed by atoms with van der Waals surface area (Å²) < 4.78 is 1.80. The third-order valence-electron chi connectivity index (χ3n) is 4.26. The van der Waals surface area contributed by atoms with Crippen LogP contribution in [0.1, 0.15) is 32.5 Å². The van der Waals surface area contributed by atoms with Gasteiger partial charge in [0.05, 0.1) is 15.7 Å². The van der Waals surface area contributed by atoms with E-state index in [1.165, 1.54) is 0 Å². The maximum Gasteiger partial charge on any atom is 0.160 e. The van der Waals surface area contributed by atoms with E-state index in [1.807, 2.05) is 32.2 Å². The fourth-order valence-electron chi connectivity index (χ4n) is 3.25. The van der Waals surface area contributed by atoms with E-state index in [2.05, 4.69) is 23.7 Å². The first-order valence-electron chi connectivity index (χ1n) is 8.88. The highest BCUT2D eigenvalue weighted by Crippen LogP contribution is 2.39. The number of hydrogen-bond donors (Lipinski definition) is 0. The van der Waals surface area contributed by atoms with Crippen LogP contribution < -0.4 is 4.90 Å². The number of fused-ring (bicyclic) bond motifs is 1. The van der Waals surface area contributed by atoms with E-state index in [0.717, 1.165) is 54.0 Å². The highest BCUT2D eigenvalue weighted by molar-refractivity contribution is 6.39. The van der Waals surface area contributed by atoms with Gasteiger partial charge in [-0.2, -0.15) is 5.10 Å². The smallest absolute Gasteiger partial charge is 0.160 e. The van der Waals surface area contributed by atoms with Crippen LogP contribution >= 0.6 is 23.2 Å². The number of rotatable bonds is 6. The van der Waals surface area contributed by atoms with Crippen molar-refractivity contribution in [3.05, 3.63) is 34.1 Å². The number of hydrogen-bond acceptors (Lipinski definition) is 4. The van der Waals surface area contributed by atoms with Gasteiger partial charge in [0.1, 0.15) is 11.3 Å². The van der Waals surface area contributed by atoms with Crippen molar-refractivity contribution in [2.45, 2.75) is 33.6 Å². The van der Waals surface area contributed by atoms with Gasteiger partial charge >= 0.3 is 0 Å². The van der Waals surface area contributed by atoms with Crippen molar-refractivity contribution in [1.29, 1.82) is 0 Å². The number of nitrogens with zero attached hydrogens (tertiary/aromatic N) is 5. The van der Waals surface area contributed by atoms with Crippen LogP contribution in [0, 0.1) is 6.92 Å². The lowest BCUT2D eigenvalue weighted by atomic mass is 10.1. The fraction of sp³-hybridized carbons (Fsp3) is 0.421. The summed E-state index contributed by atoms with van der Waals surface area (Å²) in [7, 11) is 1.89. The Hall–Kier alpha value is -1.85. The summed E-state index contributed by atoms with van der Waals surface area (Å²) in [5.74, 6) is 1.59. The molecule has 1 aromatic carbocycles. The van der Waals surface area contributed by atoms with Crippen molar-refractivity contribution < 1.29 is 0 Å². The van der Waals surface area contributed by atoms with Gasteiger partial charge in [-0.05, 0) is 31.9 Å². The van der Waals surface area contributed by atoms with Crippen LogP contribution in [0.25, 0.3) is 22.3 Å². The lowest BCUT2D eigenvalue weighted by Crippen LogP contribution is -2.26. The Labute approximate surface area is 164 Å². The molecule has 2 aromatic heterocycles. The molecule has 0 aliphatic carbocycles. The summed E-state index contributed by atoms with van der Waals surface area (Å²) in [4.78, 5) is 11.7. The molecule has 0 aliphatic heterocycles. The number of aryl methyl sites for hydroxylation is 2. The molecular weight excluding hydrogens is 369 g/mol. The molecule has 0 fully saturated rings. The molecule has 5 nitrogen and oxygen atoms in total. The van der Waals surface area contributed by atoms with Crippen molar-refractivity contribution in [1.82, 2.24) is 19.7 Å². The highest BCUT2D eigenvalue weighted by atomic mass is 35.5. The Bertz CT molecular complexity index is 909. The van der Waals surface area contributed by atoms with E-state index in [9.17, 15) is 0 Å². The van der Waals surface area contributed by atoms with Crippen LogP contribution in [0.4, 0.5) is 5.82 Å². The van der Waals surface area contributed by atoms with Crippen molar-refractivity contribution in [2.24, 2.45) is 7.05 Å². The van der Waals surface area contributed by atoms with Gasteiger partial charge in [-0.3, -0.25) is 4.68 Å². The standard InChI is InChI=1S/C19H23Cl2N5/c1-5-10-26(11-6-2)19-17-16(22-12(3)23-19)18(25(4)24-17)15-13(20)8-7-9-14(15)21/h7-9H,5-6,10-11H2,1-4H3. The maximum absolute atomic E-state index is 6.46. The van der Waals surface area contributed by atoms with E-state index < -0.39 is 0 Å². The van der Waals surface area contributed by atoms with Gasteiger partial charge in [0.2, 0.25) is 0 Å². The zero-order valence-electron chi connectivity index (χ0n) is 15.6. The van der Waals surface area contributed by atoms with Gasteiger partial charge in [-0.25, -0.2) is 9.97 Å². The maximum atomic E-state index is 6.46. The van der Waals surface area contributed by atoms with Crippen LogP contribution in [-0.4, -0.2) is 32.8 Å². The molecule has 0 radical (unpaired) electrons. The highest BCUT2D eigenvalue weighted by Gasteiger charge is 2.23. The topological polar surface area (TPSA) is 46.8 Å². The molecule has 2 heterocycles. The Balaban J connectivity index is 2.30. The average molecular weight is 392 g/mol. The van der Waals surface area contributed by atoms with Gasteiger partial charge < -0.3 is 4.90 Å². The number of halogens is 2. The fourth-order valence-corrected chi connectivity index (χ4v) is 3.83. The van der Waals surface area contributed by atoms with Crippen LogP contribution in [0.2, 0.25) is 10.0 Å². The second-order valence-corrected chi connectivity index (χ2v) is 7.16. The zero-order valence-corrected chi connectivity index (χ0v) is 17.1. The monoisotopic (exact) mass is 391 g/mol. The Morgan fingerprint density at radius 3 is 2.19 bits per heavy atom. The second-order valence-electron chi connectivity index (χ2n) is 6.35. The largest absolute Gasteiger partial charge is 0.355 e. The molecule has 7 heteroatoms. The molecule has 0 N–H and O–H groups in total. The summed E-state index contributed by atoms with van der Waals surface area (Å²) >= 11 is 12.9. The second kappa shape index (κ2) is 7.80. The summed E-state index contributed by atoms with van der Waals surface area (Å²) in [5.41, 5.74) is 3.13. The Kier molecular flexibility index (Phi) is 5.68. The molecule has 0 saturated carbocycles. The normalized spacial score (nSPS) is 11.3. The molecule has 3 rings (SSSR count). The summed E-state index contributed by atoms with van der Waals surface area (Å²) in [6.07, 6.45) is 2.08. The van der Waals surface area contributed by atoms with Crippen LogP contribution in [-0.2, 0) is 7.05 Å². The molecule has 138 valence electrons. The van der Waals surface area contributed by atoms with E-state index in [4.69, 9.17) is 33.3 Å². The van der Waals surface area contributed by atoms with E-state index in [1.54, 1.807) is 4.68 Å². The molecular formula is C19H23Cl2N5. The van der Waals surface area contributed by atoms with E-state index >= 15 is 0 Å². The van der Waals surface area contributed by atoms with Gasteiger partial charge in [0, 0.05) is 25.7 Å². The van der Waals surface area contributed by atoms with Gasteiger partial charge in [-0.15, -0.1) is 0 Å². The number of aromatic nitrogens is 4. The van der Waals surface area contributed by atoms with Crippen molar-refractivity contribution in [3.8, 4) is 11.3 Å². The average Bonchev–Trinajstić information content (AvgIpc) is 2.90. The van der Waals surface area contributed by atoms with E-state index in [0.29, 0.717) is 15.9 Å². The van der Waals surface area contributed by atoms with Crippen LogP contribution in [0.5, 0.6) is 0 Å². The molecule has 0 spiro atoms. The molecule has 0 aliphatic rings. The Morgan fingerprint density at radius 2 is 1.62 bits per heavy atom. The predicted octanol–water partition coefficient (Wildman–Crippen LogP) is 5.27. The van der Waals surface area contributed by atoms with Crippen LogP contribution in [0.15, 0.2) is 18.2 Å². The van der Waals surface area contributed by atoms with Crippen molar-refractivity contribution >= 4 is 40.1 Å². The predicted molar refractivity (Wildman–Crippen MR) is 109 cm³/mol. The number of benzene rings is 1. The third-order valence-corrected chi connectivity index (χ3v) is 4.89. The summed E-state index contributed by atoms with van der Waals surface area (Å²) in [5, 5.41) is 5.90. The first kappa shape index (κ1) is 18.9. The lowest BCUT2D eigenvalue weighted by Gasteiger charge is -2.22. The lowest BCUT2D eigenvalue weighted by molar-refractivity contribution is 0.730. The molecule has 0 saturated heterocycles. The van der Waals surface area contributed by atoms with Crippen molar-refractivity contribution in [2.75, 3.05) is 18.0 Å². The summed E-state index contributed by atoms with van der Waals surface area (Å²) in [6.45, 7) is 8.10. The quantitative estimate of drug-likeness (QED) is 0.573. The molecule has 0 atom stereocenters. The third kappa shape index (κ3) is 3.38. The Morgan fingerprint density at radius 1 is 1.00 bits per heavy atom. The molecule has 0 unspecified atom stereocenters. The van der Waals surface area contributed by atoms with Crippen LogP contribution in [0.3, 0.4) is 0 Å². The summed E-state index contributed by atoms with van der Waals surface area (Å²) in [6, 6.07) is 5.50. The van der Waals surface area contributed by atoms with Gasteiger partial charge in [-0.1, -0.05) is 43.1 Å². The molecule has 3 aromatic rings. The van der Waals surface area contributed by atoms with Crippen molar-refractivity contribution in [3.63, 3.8) is 0 Å². The zero-order chi connectivity index (χ0) is 18.8. The first-order chi connectivity index (χ1) is 12.5. The molecule has 0 bridgehead atoms.